The van der Waals surface area contributed by atoms with Crippen molar-refractivity contribution in [1.29, 1.82) is 0 Å². The Morgan fingerprint density at radius 3 is 0.554 bits per heavy atom. The van der Waals surface area contributed by atoms with Gasteiger partial charge in [-0.2, -0.15) is 0 Å². The second-order valence-electron chi connectivity index (χ2n) is 21.2. The predicted molar refractivity (Wildman–Crippen MR) is 290 cm³/mol. The summed E-state index contributed by atoms with van der Waals surface area (Å²) in [5.41, 5.74) is 1.72. The highest BCUT2D eigenvalue weighted by Gasteiger charge is 2.31. The monoisotopic (exact) mass is 1100 g/mol. The third-order valence-corrected chi connectivity index (χ3v) is 14.0. The maximum atomic E-state index is 12.2. The first-order chi connectivity index (χ1) is 33.0. The lowest BCUT2D eigenvalue weighted by molar-refractivity contribution is -0.140. The van der Waals surface area contributed by atoms with Crippen LogP contribution in [0.3, 0.4) is 0 Å². The molecule has 4 aromatic carbocycles. The molecule has 408 valence electrons. The number of ketones is 2. The van der Waals surface area contributed by atoms with Crippen molar-refractivity contribution in [2.75, 3.05) is 26.4 Å². The number of benzene rings is 4. The number of carbonyl (C=O) groups is 6. The van der Waals surface area contributed by atoms with Gasteiger partial charge in [0.1, 0.15) is 34.6 Å². The van der Waals surface area contributed by atoms with Crippen molar-refractivity contribution in [1.82, 2.24) is 0 Å². The Labute approximate surface area is 451 Å². The van der Waals surface area contributed by atoms with Gasteiger partial charge in [-0.05, 0) is 120 Å². The van der Waals surface area contributed by atoms with Crippen molar-refractivity contribution in [3.63, 3.8) is 0 Å². The molecule has 1 heterocycles. The van der Waals surface area contributed by atoms with Gasteiger partial charge in [-0.15, -0.1) is 0 Å². The normalized spacial score (nSPS) is 12.1. The van der Waals surface area contributed by atoms with Crippen LogP contribution in [0.5, 0.6) is 23.0 Å². The van der Waals surface area contributed by atoms with Crippen LogP contribution in [0.2, 0.25) is 0 Å². The first-order valence-electron chi connectivity index (χ1n) is 22.8. The number of carbonyl (C=O) groups excluding carboxylic acids is 2. The lowest BCUT2D eigenvalue weighted by Gasteiger charge is -2.28. The Morgan fingerprint density at radius 1 is 0.338 bits per heavy atom. The Kier molecular flexibility index (Phi) is 24.7. The summed E-state index contributed by atoms with van der Waals surface area (Å²) in [6, 6.07) is 15.4. The van der Waals surface area contributed by atoms with Crippen molar-refractivity contribution >= 4 is 82.5 Å². The Balaban J connectivity index is 0.00000255. The molecule has 4 aromatic rings. The SMILES string of the molecule is CC(C)(C)c1cc2c(OCC(=O)O)c(c1)Sc1cc(C(C)(C)C)cc(c1OCC(=O)O)Sc1cc(C(C)(C)C)cc(c1OCC(=O)O)Sc1cc(C(C)(C)C)cc(c1OCC(=O)O)S2.CC(C)=O.CC(C)=O.O.O. The lowest BCUT2D eigenvalue weighted by Crippen LogP contribution is -2.16. The van der Waals surface area contributed by atoms with E-state index in [-0.39, 0.29) is 45.5 Å². The Bertz CT molecular complexity index is 2230. The molecule has 16 nitrogen and oxygen atoms in total. The summed E-state index contributed by atoms with van der Waals surface area (Å²) < 4.78 is 24.9. The maximum absolute atomic E-state index is 12.2. The molecule has 0 unspecified atom stereocenters. The summed E-state index contributed by atoms with van der Waals surface area (Å²) in [6.07, 6.45) is 0. The van der Waals surface area contributed by atoms with Crippen LogP contribution in [0, 0.1) is 0 Å². The smallest absolute Gasteiger partial charge is 0.341 e. The highest BCUT2D eigenvalue weighted by atomic mass is 32.2. The number of fused-ring (bicyclic) bond motifs is 8. The molecule has 5 rings (SSSR count). The van der Waals surface area contributed by atoms with Gasteiger partial charge >= 0.3 is 23.9 Å². The molecule has 8 N–H and O–H groups in total. The molecule has 0 amide bonds. The largest absolute Gasteiger partial charge is 0.480 e. The van der Waals surface area contributed by atoms with E-state index in [0.717, 1.165) is 22.3 Å². The lowest BCUT2D eigenvalue weighted by atomic mass is 9.87. The van der Waals surface area contributed by atoms with Crippen LogP contribution in [0.25, 0.3) is 0 Å². The van der Waals surface area contributed by atoms with Gasteiger partial charge in [0, 0.05) is 0 Å². The van der Waals surface area contributed by atoms with E-state index in [9.17, 15) is 49.2 Å². The minimum absolute atomic E-state index is 0. The summed E-state index contributed by atoms with van der Waals surface area (Å²) in [7, 11) is 0. The van der Waals surface area contributed by atoms with Gasteiger partial charge < -0.3 is 59.9 Å². The second kappa shape index (κ2) is 27.4. The van der Waals surface area contributed by atoms with E-state index in [1.54, 1.807) is 0 Å². The van der Waals surface area contributed by atoms with Gasteiger partial charge in [-0.1, -0.05) is 130 Å². The molecular formula is C54H72O16S4. The molecule has 0 fully saturated rings. The van der Waals surface area contributed by atoms with Crippen LogP contribution in [0.4, 0.5) is 0 Å². The number of hydrogen-bond acceptors (Lipinski definition) is 14. The van der Waals surface area contributed by atoms with Crippen molar-refractivity contribution in [3.8, 4) is 23.0 Å². The minimum Gasteiger partial charge on any atom is -0.480 e. The zero-order valence-corrected chi connectivity index (χ0v) is 48.2. The van der Waals surface area contributed by atoms with Gasteiger partial charge in [0.25, 0.3) is 0 Å². The molecule has 1 aliphatic rings. The first-order valence-corrected chi connectivity index (χ1v) is 26.0. The zero-order valence-electron chi connectivity index (χ0n) is 45.0. The van der Waals surface area contributed by atoms with E-state index in [1.165, 1.54) is 74.7 Å². The number of rotatable bonds is 12. The maximum Gasteiger partial charge on any atom is 0.341 e. The number of hydrogen-bond donors (Lipinski definition) is 4. The average molecular weight is 1110 g/mol. The highest BCUT2D eigenvalue weighted by Crippen LogP contribution is 2.56. The van der Waals surface area contributed by atoms with Crippen LogP contribution in [0.1, 0.15) is 133 Å². The Morgan fingerprint density at radius 2 is 0.459 bits per heavy atom. The summed E-state index contributed by atoms with van der Waals surface area (Å²) in [4.78, 5) is 71.8. The van der Waals surface area contributed by atoms with E-state index in [0.29, 0.717) is 39.2 Å². The van der Waals surface area contributed by atoms with Crippen LogP contribution in [-0.2, 0) is 50.4 Å². The predicted octanol–water partition coefficient (Wildman–Crippen LogP) is 11.2. The number of ether oxygens (including phenoxy) is 4. The zero-order chi connectivity index (χ0) is 54.8. The van der Waals surface area contributed by atoms with Crippen LogP contribution >= 0.6 is 47.0 Å². The van der Waals surface area contributed by atoms with Gasteiger partial charge in [0.15, 0.2) is 26.4 Å². The topological polar surface area (TPSA) is 283 Å². The molecule has 8 bridgehead atoms. The number of carboxylic acids is 4. The molecule has 74 heavy (non-hydrogen) atoms. The van der Waals surface area contributed by atoms with Crippen molar-refractivity contribution in [2.24, 2.45) is 0 Å². The fourth-order valence-electron chi connectivity index (χ4n) is 6.22. The van der Waals surface area contributed by atoms with E-state index in [1.807, 2.05) is 132 Å². The van der Waals surface area contributed by atoms with Crippen LogP contribution in [-0.4, -0.2) is 93.2 Å². The van der Waals surface area contributed by atoms with Crippen molar-refractivity contribution in [2.45, 2.75) is 172 Å². The van der Waals surface area contributed by atoms with E-state index in [2.05, 4.69) is 0 Å². The molecule has 0 radical (unpaired) electrons. The third-order valence-electron chi connectivity index (χ3n) is 9.79. The minimum atomic E-state index is -1.21. The quantitative estimate of drug-likeness (QED) is 0.0903. The van der Waals surface area contributed by atoms with E-state index in [4.69, 9.17) is 18.9 Å². The molecular weight excluding hydrogens is 1030 g/mol. The van der Waals surface area contributed by atoms with E-state index < -0.39 is 72.0 Å². The Hall–Kier alpha value is -5.38. The molecule has 0 saturated heterocycles. The standard InChI is InChI=1S/C48H56O12S4.2C3H6O.2H2O/c1-45(2,3)25-13-29-41(57-21-37(49)50)30(14-25)62-32-16-27(47(7,8)9)18-34(43(32)59-23-39(53)54)64-36-20-28(48(10,11)12)19-35(44(36)60-24-40(55)56)63-33-17-26(46(4,5)6)15-31(61-29)42(33)58-22-38(51)52;2*1-3(2)4;;/h13-20H,21-24H2,1-12H3,(H,49,50)(H,51,52)(H,53,54)(H,55,56);2*1-2H3;2*1H2. The van der Waals surface area contributed by atoms with Crippen molar-refractivity contribution in [3.05, 3.63) is 70.8 Å². The first kappa shape index (κ1) is 66.6. The molecule has 0 aliphatic carbocycles. The molecule has 0 aromatic heterocycles. The van der Waals surface area contributed by atoms with Gasteiger partial charge in [0.2, 0.25) is 0 Å². The van der Waals surface area contributed by atoms with Crippen LogP contribution in [0.15, 0.2) is 87.7 Å². The number of Topliss-reactive ketones (excluding diaryl/α,β-unsaturated/α-hetero) is 2. The third kappa shape index (κ3) is 20.4. The summed E-state index contributed by atoms with van der Waals surface area (Å²) >= 11 is 4.94. The number of carboxylic acid groups (broad SMARTS) is 4. The molecule has 0 spiro atoms. The van der Waals surface area contributed by atoms with Crippen molar-refractivity contribution < 1.29 is 79.1 Å². The van der Waals surface area contributed by atoms with Gasteiger partial charge in [-0.25, -0.2) is 19.2 Å². The summed E-state index contributed by atoms with van der Waals surface area (Å²) in [5.74, 6) is -3.54. The van der Waals surface area contributed by atoms with Gasteiger partial charge in [-0.3, -0.25) is 0 Å². The fraction of sp³-hybridized carbons (Fsp3) is 0.444. The van der Waals surface area contributed by atoms with Gasteiger partial charge in [0.05, 0.1) is 39.2 Å². The number of aliphatic carboxylic acids is 4. The summed E-state index contributed by atoms with van der Waals surface area (Å²) in [6.45, 7) is 27.9. The second-order valence-corrected chi connectivity index (χ2v) is 25.5. The fourth-order valence-corrected chi connectivity index (χ4v) is 11.0. The average Bonchev–Trinajstić information content (AvgIpc) is 3.19. The molecule has 0 atom stereocenters. The molecule has 1 aliphatic heterocycles. The highest BCUT2D eigenvalue weighted by molar-refractivity contribution is 8.01. The molecule has 0 saturated carbocycles. The van der Waals surface area contributed by atoms with E-state index >= 15 is 0 Å². The molecule has 20 heteroatoms. The summed E-state index contributed by atoms with van der Waals surface area (Å²) in [5, 5.41) is 39.8. The van der Waals surface area contributed by atoms with Crippen LogP contribution < -0.4 is 18.9 Å².